The molecular weight excluding hydrogens is 394 g/mol. The zero-order valence-electron chi connectivity index (χ0n) is 17.8. The molecule has 162 valence electrons. The van der Waals surface area contributed by atoms with E-state index in [-0.39, 0.29) is 18.6 Å². The van der Waals surface area contributed by atoms with E-state index in [2.05, 4.69) is 5.32 Å². The average Bonchev–Trinajstić information content (AvgIpc) is 2.79. The fraction of sp³-hybridized carbons (Fsp3) is 0.250. The summed E-state index contributed by atoms with van der Waals surface area (Å²) in [7, 11) is 5.03. The number of nitrogens with one attached hydrogen (secondary N) is 2. The van der Waals surface area contributed by atoms with E-state index in [0.717, 1.165) is 22.1 Å². The number of methoxy groups -OCH3 is 1. The summed E-state index contributed by atoms with van der Waals surface area (Å²) in [6, 6.07) is 10.8. The molecule has 1 aromatic heterocycles. The summed E-state index contributed by atoms with van der Waals surface area (Å²) in [5, 5.41) is 31.5. The lowest BCUT2D eigenvalue weighted by Gasteiger charge is -2.17. The van der Waals surface area contributed by atoms with Gasteiger partial charge in [-0.05, 0) is 40.8 Å². The summed E-state index contributed by atoms with van der Waals surface area (Å²) in [4.78, 5) is 12.8. The molecule has 0 saturated heterocycles. The monoisotopic (exact) mass is 421 g/mol. The summed E-state index contributed by atoms with van der Waals surface area (Å²) >= 11 is 0. The van der Waals surface area contributed by atoms with Crippen molar-refractivity contribution in [3.63, 3.8) is 0 Å². The highest BCUT2D eigenvalue weighted by molar-refractivity contribution is 6.10. The van der Waals surface area contributed by atoms with Gasteiger partial charge in [0.15, 0.2) is 0 Å². The number of benzene rings is 2. The molecular formula is C24H27N3O4. The van der Waals surface area contributed by atoms with Gasteiger partial charge in [-0.15, -0.1) is 0 Å². The predicted molar refractivity (Wildman–Crippen MR) is 124 cm³/mol. The normalized spacial score (nSPS) is 12.6. The Hall–Kier alpha value is -3.42. The van der Waals surface area contributed by atoms with Crippen molar-refractivity contribution in [1.82, 2.24) is 9.88 Å². The van der Waals surface area contributed by atoms with Gasteiger partial charge in [0.05, 0.1) is 13.2 Å². The number of rotatable bonds is 8. The van der Waals surface area contributed by atoms with Crippen LogP contribution in [-0.2, 0) is 7.05 Å². The minimum absolute atomic E-state index is 0.126. The highest BCUT2D eigenvalue weighted by atomic mass is 16.5. The van der Waals surface area contributed by atoms with Gasteiger partial charge in [0.25, 0.3) is 5.56 Å². The molecule has 0 bridgehead atoms. The van der Waals surface area contributed by atoms with Crippen molar-refractivity contribution in [3.8, 4) is 16.9 Å². The number of ether oxygens (including phenoxy) is 1. The Morgan fingerprint density at radius 3 is 2.65 bits per heavy atom. The molecule has 3 rings (SSSR count). The Morgan fingerprint density at radius 2 is 2.00 bits per heavy atom. The van der Waals surface area contributed by atoms with Gasteiger partial charge < -0.3 is 30.2 Å². The zero-order chi connectivity index (χ0) is 22.5. The second-order valence-electron chi connectivity index (χ2n) is 7.24. The van der Waals surface area contributed by atoms with Crippen molar-refractivity contribution in [2.75, 3.05) is 20.8 Å². The highest BCUT2D eigenvalue weighted by Crippen LogP contribution is 2.37. The standard InChI is InChI=1S/C24H27N3O4/c1-26-13-17(12-25)15-4-6-18-19(10-15)21(14-27(2)24(18)30)20-11-16(22(29)8-9-28)5-7-23(20)31-3/h4-7,10-14,22,25-26,28-29H,8-9H2,1-3H3/b17-13+,25-12?. The summed E-state index contributed by atoms with van der Waals surface area (Å²) in [5.41, 5.74) is 3.48. The molecule has 31 heavy (non-hydrogen) atoms. The van der Waals surface area contributed by atoms with Gasteiger partial charge >= 0.3 is 0 Å². The lowest BCUT2D eigenvalue weighted by Crippen LogP contribution is -2.17. The molecule has 7 heteroatoms. The number of aryl methyl sites for hydroxylation is 1. The largest absolute Gasteiger partial charge is 0.496 e. The molecule has 0 amide bonds. The Labute approximate surface area is 180 Å². The van der Waals surface area contributed by atoms with E-state index in [4.69, 9.17) is 10.1 Å². The quantitative estimate of drug-likeness (QED) is 0.419. The topological polar surface area (TPSA) is 108 Å². The van der Waals surface area contributed by atoms with Crippen LogP contribution in [0.2, 0.25) is 0 Å². The number of aromatic nitrogens is 1. The van der Waals surface area contributed by atoms with E-state index in [9.17, 15) is 15.0 Å². The zero-order valence-corrected chi connectivity index (χ0v) is 17.8. The number of hydrogen-bond donors (Lipinski definition) is 4. The van der Waals surface area contributed by atoms with Crippen molar-refractivity contribution < 1.29 is 14.9 Å². The Morgan fingerprint density at radius 1 is 1.23 bits per heavy atom. The molecule has 1 atom stereocenters. The third-order valence-electron chi connectivity index (χ3n) is 5.27. The molecule has 0 aliphatic carbocycles. The van der Waals surface area contributed by atoms with Crippen LogP contribution in [0, 0.1) is 5.41 Å². The number of fused-ring (bicyclic) bond motifs is 1. The van der Waals surface area contributed by atoms with Gasteiger partial charge in [0, 0.05) is 67.8 Å². The fourth-order valence-electron chi connectivity index (χ4n) is 3.66. The third kappa shape index (κ3) is 4.38. The molecule has 4 N–H and O–H groups in total. The minimum atomic E-state index is -0.813. The van der Waals surface area contributed by atoms with Crippen LogP contribution in [0.3, 0.4) is 0 Å². The van der Waals surface area contributed by atoms with Crippen LogP contribution in [0.5, 0.6) is 5.75 Å². The second-order valence-corrected chi connectivity index (χ2v) is 7.24. The molecule has 0 aliphatic heterocycles. The maximum atomic E-state index is 12.8. The lowest BCUT2D eigenvalue weighted by atomic mass is 9.94. The molecule has 0 fully saturated rings. The number of hydrogen-bond acceptors (Lipinski definition) is 6. The van der Waals surface area contributed by atoms with Gasteiger partial charge in [-0.2, -0.15) is 0 Å². The van der Waals surface area contributed by atoms with Crippen molar-refractivity contribution in [3.05, 3.63) is 70.3 Å². The maximum absolute atomic E-state index is 12.8. The summed E-state index contributed by atoms with van der Waals surface area (Å²) in [5.74, 6) is 0.600. The molecule has 0 spiro atoms. The van der Waals surface area contributed by atoms with Crippen molar-refractivity contribution >= 4 is 22.6 Å². The maximum Gasteiger partial charge on any atom is 0.258 e. The number of allylic oxidation sites excluding steroid dienone is 1. The van der Waals surface area contributed by atoms with Crippen LogP contribution in [0.15, 0.2) is 53.6 Å². The van der Waals surface area contributed by atoms with Crippen LogP contribution < -0.4 is 15.6 Å². The van der Waals surface area contributed by atoms with Crippen LogP contribution in [-0.4, -0.2) is 41.8 Å². The summed E-state index contributed by atoms with van der Waals surface area (Å²) in [6.07, 6.45) is 4.14. The number of nitrogens with zero attached hydrogens (tertiary/aromatic N) is 1. The molecule has 7 nitrogen and oxygen atoms in total. The molecule has 1 unspecified atom stereocenters. The first-order valence-corrected chi connectivity index (χ1v) is 9.94. The SMILES string of the molecule is CN/C=C(\C=N)c1ccc2c(=O)n(C)cc(-c3cc(C(O)CCO)ccc3OC)c2c1. The molecule has 1 heterocycles. The van der Waals surface area contributed by atoms with Crippen LogP contribution in [0.25, 0.3) is 27.5 Å². The van der Waals surface area contributed by atoms with Crippen molar-refractivity contribution in [2.24, 2.45) is 7.05 Å². The molecule has 0 radical (unpaired) electrons. The van der Waals surface area contributed by atoms with Crippen LogP contribution in [0.1, 0.15) is 23.7 Å². The van der Waals surface area contributed by atoms with Crippen molar-refractivity contribution in [1.29, 1.82) is 5.41 Å². The van der Waals surface area contributed by atoms with Crippen molar-refractivity contribution in [2.45, 2.75) is 12.5 Å². The molecule has 3 aromatic rings. The lowest BCUT2D eigenvalue weighted by molar-refractivity contribution is 0.134. The van der Waals surface area contributed by atoms with E-state index in [0.29, 0.717) is 22.3 Å². The highest BCUT2D eigenvalue weighted by Gasteiger charge is 2.17. The Balaban J connectivity index is 2.34. The van der Waals surface area contributed by atoms with Gasteiger partial charge in [-0.3, -0.25) is 4.79 Å². The van der Waals surface area contributed by atoms with Gasteiger partial charge in [-0.1, -0.05) is 12.1 Å². The fourth-order valence-corrected chi connectivity index (χ4v) is 3.66. The smallest absolute Gasteiger partial charge is 0.258 e. The van der Waals surface area contributed by atoms with E-state index >= 15 is 0 Å². The van der Waals surface area contributed by atoms with E-state index in [1.54, 1.807) is 51.8 Å². The average molecular weight is 421 g/mol. The molecule has 0 aliphatic rings. The summed E-state index contributed by atoms with van der Waals surface area (Å²) in [6.45, 7) is -0.126. The number of aliphatic hydroxyl groups is 2. The minimum Gasteiger partial charge on any atom is -0.496 e. The van der Waals surface area contributed by atoms with Crippen LogP contribution in [0.4, 0.5) is 0 Å². The number of aliphatic hydroxyl groups excluding tert-OH is 2. The Bertz CT molecular complexity index is 1200. The first kappa shape index (κ1) is 22.3. The first-order chi connectivity index (χ1) is 14.9. The van der Waals surface area contributed by atoms with Gasteiger partial charge in [0.2, 0.25) is 0 Å². The van der Waals surface area contributed by atoms with Gasteiger partial charge in [0.1, 0.15) is 5.75 Å². The summed E-state index contributed by atoms with van der Waals surface area (Å²) < 4.78 is 7.10. The number of pyridine rings is 1. The van der Waals surface area contributed by atoms with Gasteiger partial charge in [-0.25, -0.2) is 0 Å². The second kappa shape index (κ2) is 9.59. The first-order valence-electron chi connectivity index (χ1n) is 9.94. The predicted octanol–water partition coefficient (Wildman–Crippen LogP) is 2.84. The van der Waals surface area contributed by atoms with E-state index in [1.807, 2.05) is 18.2 Å². The molecule has 0 saturated carbocycles. The Kier molecular flexibility index (Phi) is 6.89. The van der Waals surface area contributed by atoms with E-state index in [1.165, 1.54) is 10.8 Å². The van der Waals surface area contributed by atoms with E-state index < -0.39 is 6.10 Å². The molecule has 2 aromatic carbocycles. The van der Waals surface area contributed by atoms with Crippen LogP contribution >= 0.6 is 0 Å². The third-order valence-corrected chi connectivity index (χ3v) is 5.27.